The van der Waals surface area contributed by atoms with E-state index in [-0.39, 0.29) is 11.7 Å². The van der Waals surface area contributed by atoms with Gasteiger partial charge in [0.1, 0.15) is 11.5 Å². The van der Waals surface area contributed by atoms with Gasteiger partial charge in [-0.15, -0.1) is 0 Å². The number of benzene rings is 2. The lowest BCUT2D eigenvalue weighted by atomic mass is 10.2. The molecule has 2 aromatic rings. The number of hydrazone groups is 1. The van der Waals surface area contributed by atoms with E-state index in [9.17, 15) is 9.90 Å². The van der Waals surface area contributed by atoms with Crippen LogP contribution in [0, 0.1) is 0 Å². The number of aromatic hydroxyl groups is 1. The van der Waals surface area contributed by atoms with Gasteiger partial charge in [0.05, 0.1) is 13.3 Å². The van der Waals surface area contributed by atoms with E-state index in [1.165, 1.54) is 25.5 Å². The van der Waals surface area contributed by atoms with Gasteiger partial charge < -0.3 is 9.84 Å². The SMILES string of the molecule is COc1cc(O)ccc1C=NNC(=O)c1ccc(Cl)cc1. The fourth-order valence-corrected chi connectivity index (χ4v) is 1.76. The molecule has 0 aliphatic rings. The van der Waals surface area contributed by atoms with E-state index >= 15 is 0 Å². The number of methoxy groups -OCH3 is 1. The van der Waals surface area contributed by atoms with Crippen LogP contribution < -0.4 is 10.2 Å². The minimum absolute atomic E-state index is 0.0919. The van der Waals surface area contributed by atoms with Crippen molar-refractivity contribution in [2.75, 3.05) is 7.11 Å². The van der Waals surface area contributed by atoms with Crippen LogP contribution in [0.4, 0.5) is 0 Å². The molecular weight excluding hydrogens is 292 g/mol. The molecule has 0 unspecified atom stereocenters. The van der Waals surface area contributed by atoms with Crippen LogP contribution in [0.2, 0.25) is 5.02 Å². The first-order valence-electron chi connectivity index (χ1n) is 6.06. The molecule has 0 saturated heterocycles. The first-order chi connectivity index (χ1) is 10.1. The van der Waals surface area contributed by atoms with E-state index in [2.05, 4.69) is 10.5 Å². The Morgan fingerprint density at radius 3 is 2.67 bits per heavy atom. The summed E-state index contributed by atoms with van der Waals surface area (Å²) >= 11 is 5.75. The summed E-state index contributed by atoms with van der Waals surface area (Å²) in [6, 6.07) is 11.1. The third-order valence-electron chi connectivity index (χ3n) is 2.69. The van der Waals surface area contributed by atoms with Gasteiger partial charge in [-0.2, -0.15) is 5.10 Å². The highest BCUT2D eigenvalue weighted by atomic mass is 35.5. The van der Waals surface area contributed by atoms with Gasteiger partial charge in [0, 0.05) is 22.2 Å². The molecule has 0 bridgehead atoms. The maximum atomic E-state index is 11.8. The Labute approximate surface area is 126 Å². The Bertz CT molecular complexity index is 669. The van der Waals surface area contributed by atoms with Crippen molar-refractivity contribution in [3.8, 4) is 11.5 Å². The molecule has 2 N–H and O–H groups in total. The smallest absolute Gasteiger partial charge is 0.271 e. The number of ether oxygens (including phenoxy) is 1. The maximum Gasteiger partial charge on any atom is 0.271 e. The zero-order valence-corrected chi connectivity index (χ0v) is 12.0. The van der Waals surface area contributed by atoms with Gasteiger partial charge in [-0.1, -0.05) is 11.6 Å². The fourth-order valence-electron chi connectivity index (χ4n) is 1.63. The van der Waals surface area contributed by atoms with E-state index in [0.717, 1.165) is 0 Å². The van der Waals surface area contributed by atoms with E-state index in [0.29, 0.717) is 21.9 Å². The summed E-state index contributed by atoms with van der Waals surface area (Å²) in [5.74, 6) is 0.203. The van der Waals surface area contributed by atoms with Gasteiger partial charge in [-0.25, -0.2) is 5.43 Å². The Balaban J connectivity index is 2.05. The lowest BCUT2D eigenvalue weighted by Crippen LogP contribution is -2.17. The molecule has 0 atom stereocenters. The number of hydrogen-bond donors (Lipinski definition) is 2. The highest BCUT2D eigenvalue weighted by Crippen LogP contribution is 2.22. The average molecular weight is 305 g/mol. The number of nitrogens with zero attached hydrogens (tertiary/aromatic N) is 1. The molecule has 0 aliphatic heterocycles. The highest BCUT2D eigenvalue weighted by molar-refractivity contribution is 6.30. The minimum Gasteiger partial charge on any atom is -0.508 e. The molecule has 1 amide bonds. The summed E-state index contributed by atoms with van der Waals surface area (Å²) in [4.78, 5) is 11.8. The van der Waals surface area contributed by atoms with Crippen LogP contribution in [0.5, 0.6) is 11.5 Å². The molecule has 6 heteroatoms. The molecule has 0 radical (unpaired) electrons. The van der Waals surface area contributed by atoms with Gasteiger partial charge in [0.15, 0.2) is 0 Å². The van der Waals surface area contributed by atoms with Gasteiger partial charge in [0.2, 0.25) is 0 Å². The van der Waals surface area contributed by atoms with Crippen LogP contribution in [0.15, 0.2) is 47.6 Å². The number of amides is 1. The Kier molecular flexibility index (Phi) is 4.79. The second kappa shape index (κ2) is 6.76. The maximum absolute atomic E-state index is 11.8. The van der Waals surface area contributed by atoms with Gasteiger partial charge in [-0.05, 0) is 36.4 Å². The topological polar surface area (TPSA) is 70.9 Å². The van der Waals surface area contributed by atoms with E-state index in [1.54, 1.807) is 30.3 Å². The number of rotatable bonds is 4. The minimum atomic E-state index is -0.347. The molecule has 0 aromatic heterocycles. The van der Waals surface area contributed by atoms with Gasteiger partial charge >= 0.3 is 0 Å². The number of carbonyl (C=O) groups excluding carboxylic acids is 1. The number of halogens is 1. The summed E-state index contributed by atoms with van der Waals surface area (Å²) in [5, 5.41) is 13.8. The largest absolute Gasteiger partial charge is 0.508 e. The predicted molar refractivity (Wildman–Crippen MR) is 81.2 cm³/mol. The van der Waals surface area contributed by atoms with E-state index < -0.39 is 0 Å². The second-order valence-corrected chi connectivity index (χ2v) is 4.57. The molecule has 5 nitrogen and oxygen atoms in total. The molecular formula is C15H13ClN2O3. The summed E-state index contributed by atoms with van der Waals surface area (Å²) in [7, 11) is 1.48. The number of phenols is 1. The molecule has 2 rings (SSSR count). The predicted octanol–water partition coefficient (Wildman–Crippen LogP) is 2.82. The standard InChI is InChI=1S/C15H13ClN2O3/c1-21-14-8-13(19)7-4-11(14)9-17-18-15(20)10-2-5-12(16)6-3-10/h2-9,19H,1H3,(H,18,20). The number of nitrogens with one attached hydrogen (secondary N) is 1. The highest BCUT2D eigenvalue weighted by Gasteiger charge is 2.04. The Morgan fingerprint density at radius 2 is 2.00 bits per heavy atom. The Morgan fingerprint density at radius 1 is 1.29 bits per heavy atom. The number of carbonyl (C=O) groups is 1. The molecule has 21 heavy (non-hydrogen) atoms. The van der Waals surface area contributed by atoms with Crippen LogP contribution in [0.25, 0.3) is 0 Å². The summed E-state index contributed by atoms with van der Waals surface area (Å²) < 4.78 is 5.10. The zero-order valence-electron chi connectivity index (χ0n) is 11.2. The molecule has 0 spiro atoms. The quantitative estimate of drug-likeness (QED) is 0.674. The lowest BCUT2D eigenvalue weighted by Gasteiger charge is -2.04. The zero-order chi connectivity index (χ0) is 15.2. The summed E-state index contributed by atoms with van der Waals surface area (Å²) in [6.45, 7) is 0. The van der Waals surface area contributed by atoms with Crippen LogP contribution in [-0.2, 0) is 0 Å². The number of hydrogen-bond acceptors (Lipinski definition) is 4. The van der Waals surface area contributed by atoms with Crippen molar-refractivity contribution in [2.45, 2.75) is 0 Å². The van der Waals surface area contributed by atoms with Gasteiger partial charge in [0.25, 0.3) is 5.91 Å². The third-order valence-corrected chi connectivity index (χ3v) is 2.95. The van der Waals surface area contributed by atoms with Crippen molar-refractivity contribution in [3.05, 3.63) is 58.6 Å². The first-order valence-corrected chi connectivity index (χ1v) is 6.44. The van der Waals surface area contributed by atoms with Crippen LogP contribution in [0.3, 0.4) is 0 Å². The third kappa shape index (κ3) is 3.97. The van der Waals surface area contributed by atoms with E-state index in [1.807, 2.05) is 0 Å². The van der Waals surface area contributed by atoms with Crippen molar-refractivity contribution in [3.63, 3.8) is 0 Å². The molecule has 108 valence electrons. The fraction of sp³-hybridized carbons (Fsp3) is 0.0667. The van der Waals surface area contributed by atoms with Crippen molar-refractivity contribution < 1.29 is 14.6 Å². The average Bonchev–Trinajstić information content (AvgIpc) is 2.49. The van der Waals surface area contributed by atoms with Gasteiger partial charge in [-0.3, -0.25) is 4.79 Å². The molecule has 0 saturated carbocycles. The van der Waals surface area contributed by atoms with Crippen LogP contribution in [-0.4, -0.2) is 24.3 Å². The van der Waals surface area contributed by atoms with Crippen molar-refractivity contribution in [1.29, 1.82) is 0 Å². The molecule has 0 fully saturated rings. The summed E-state index contributed by atoms with van der Waals surface area (Å²) in [6.07, 6.45) is 1.44. The van der Waals surface area contributed by atoms with Crippen molar-refractivity contribution >= 4 is 23.7 Å². The first kappa shape index (κ1) is 14.9. The monoisotopic (exact) mass is 304 g/mol. The van der Waals surface area contributed by atoms with Crippen molar-refractivity contribution in [1.82, 2.24) is 5.43 Å². The van der Waals surface area contributed by atoms with E-state index in [4.69, 9.17) is 16.3 Å². The van der Waals surface area contributed by atoms with Crippen LogP contribution in [0.1, 0.15) is 15.9 Å². The lowest BCUT2D eigenvalue weighted by molar-refractivity contribution is 0.0955. The van der Waals surface area contributed by atoms with Crippen molar-refractivity contribution in [2.24, 2.45) is 5.10 Å². The summed E-state index contributed by atoms with van der Waals surface area (Å²) in [5.41, 5.74) is 3.49. The van der Waals surface area contributed by atoms with Crippen LogP contribution >= 0.6 is 11.6 Å². The normalized spacial score (nSPS) is 10.6. The number of phenolic OH excluding ortho intramolecular Hbond substituents is 1. The Hall–Kier alpha value is -2.53. The molecule has 0 heterocycles. The molecule has 0 aliphatic carbocycles. The second-order valence-electron chi connectivity index (χ2n) is 4.13. The molecule has 2 aromatic carbocycles.